The van der Waals surface area contributed by atoms with Gasteiger partial charge in [-0.3, -0.25) is 4.68 Å². The van der Waals surface area contributed by atoms with Crippen LogP contribution in [0.25, 0.3) is 0 Å². The van der Waals surface area contributed by atoms with Gasteiger partial charge in [-0.2, -0.15) is 5.10 Å². The molecule has 2 rings (SSSR count). The number of aromatic nitrogens is 2. The highest BCUT2D eigenvalue weighted by molar-refractivity contribution is 5.89. The number of hydrogen-bond donors (Lipinski definition) is 1. The largest absolute Gasteiger partial charge is 0.383 e. The summed E-state index contributed by atoms with van der Waals surface area (Å²) in [6, 6.07) is -0.0295. The molecule has 0 spiro atoms. The number of nitrogens with zero attached hydrogens (tertiary/aromatic N) is 3. The number of ether oxygens (including phenoxy) is 1. The minimum atomic E-state index is -0.0295. The highest BCUT2D eigenvalue weighted by Gasteiger charge is 2.20. The lowest BCUT2D eigenvalue weighted by Gasteiger charge is -2.30. The van der Waals surface area contributed by atoms with Gasteiger partial charge in [0.2, 0.25) is 0 Å². The van der Waals surface area contributed by atoms with E-state index in [9.17, 15) is 4.79 Å². The summed E-state index contributed by atoms with van der Waals surface area (Å²) in [4.78, 5) is 13.9. The Bertz CT molecular complexity index is 411. The Morgan fingerprint density at radius 2 is 2.26 bits per heavy atom. The molecule has 0 aliphatic carbocycles. The van der Waals surface area contributed by atoms with Crippen LogP contribution in [0.15, 0.2) is 12.4 Å². The van der Waals surface area contributed by atoms with Gasteiger partial charge in [0.1, 0.15) is 0 Å². The Morgan fingerprint density at radius 1 is 1.53 bits per heavy atom. The summed E-state index contributed by atoms with van der Waals surface area (Å²) < 4.78 is 6.75. The normalized spacial score (nSPS) is 16.6. The van der Waals surface area contributed by atoms with Crippen LogP contribution in [-0.4, -0.2) is 47.5 Å². The van der Waals surface area contributed by atoms with E-state index in [0.717, 1.165) is 37.5 Å². The summed E-state index contributed by atoms with van der Waals surface area (Å²) in [6.07, 6.45) is 5.66. The zero-order valence-corrected chi connectivity index (χ0v) is 11.6. The molecule has 6 heteroatoms. The number of carbonyl (C=O) groups is 1. The van der Waals surface area contributed by atoms with Crippen molar-refractivity contribution in [2.75, 3.05) is 32.1 Å². The van der Waals surface area contributed by atoms with Crippen LogP contribution in [0, 0.1) is 5.92 Å². The monoisotopic (exact) mass is 266 g/mol. The van der Waals surface area contributed by atoms with Crippen molar-refractivity contribution in [1.29, 1.82) is 0 Å². The number of hydrogen-bond acceptors (Lipinski definition) is 3. The first kappa shape index (κ1) is 13.9. The van der Waals surface area contributed by atoms with Crippen molar-refractivity contribution in [2.45, 2.75) is 26.3 Å². The van der Waals surface area contributed by atoms with Crippen LogP contribution < -0.4 is 5.32 Å². The maximum Gasteiger partial charge on any atom is 0.321 e. The molecule has 1 aliphatic rings. The number of likely N-dealkylation sites (tertiary alicyclic amines) is 1. The van der Waals surface area contributed by atoms with Crippen molar-refractivity contribution in [2.24, 2.45) is 5.92 Å². The van der Waals surface area contributed by atoms with Crippen molar-refractivity contribution < 1.29 is 9.53 Å². The van der Waals surface area contributed by atoms with E-state index < -0.39 is 0 Å². The molecule has 0 atom stereocenters. The van der Waals surface area contributed by atoms with E-state index in [-0.39, 0.29) is 6.03 Å². The molecule has 1 fully saturated rings. The van der Waals surface area contributed by atoms with Gasteiger partial charge in [-0.15, -0.1) is 0 Å². The molecule has 1 aliphatic heterocycles. The Hall–Kier alpha value is -1.56. The molecule has 2 amide bonds. The fourth-order valence-electron chi connectivity index (χ4n) is 2.15. The van der Waals surface area contributed by atoms with Gasteiger partial charge in [-0.05, 0) is 18.8 Å². The summed E-state index contributed by atoms with van der Waals surface area (Å²) in [5, 5.41) is 7.05. The van der Waals surface area contributed by atoms with Crippen LogP contribution in [0.5, 0.6) is 0 Å². The van der Waals surface area contributed by atoms with Crippen molar-refractivity contribution in [3.05, 3.63) is 12.4 Å². The number of carbonyl (C=O) groups excluding carboxylic acids is 1. The average Bonchev–Trinajstić information content (AvgIpc) is 2.84. The maximum absolute atomic E-state index is 12.1. The van der Waals surface area contributed by atoms with Crippen LogP contribution in [-0.2, 0) is 11.3 Å². The van der Waals surface area contributed by atoms with Gasteiger partial charge in [0.25, 0.3) is 0 Å². The number of methoxy groups -OCH3 is 1. The first-order valence-corrected chi connectivity index (χ1v) is 6.76. The van der Waals surface area contributed by atoms with Crippen LogP contribution in [0.2, 0.25) is 0 Å². The molecule has 6 nitrogen and oxygen atoms in total. The summed E-state index contributed by atoms with van der Waals surface area (Å²) in [7, 11) is 1.66. The highest BCUT2D eigenvalue weighted by Crippen LogP contribution is 2.17. The Labute approximate surface area is 113 Å². The predicted molar refractivity (Wildman–Crippen MR) is 73.1 cm³/mol. The summed E-state index contributed by atoms with van der Waals surface area (Å²) in [5.74, 6) is 0.723. The second-order valence-corrected chi connectivity index (χ2v) is 5.08. The van der Waals surface area contributed by atoms with E-state index in [1.54, 1.807) is 18.0 Å². The van der Waals surface area contributed by atoms with Crippen molar-refractivity contribution in [3.63, 3.8) is 0 Å². The lowest BCUT2D eigenvalue weighted by Crippen LogP contribution is -2.40. The molecule has 0 bridgehead atoms. The van der Waals surface area contributed by atoms with Gasteiger partial charge in [0, 0.05) is 26.4 Å². The van der Waals surface area contributed by atoms with Crippen molar-refractivity contribution in [1.82, 2.24) is 14.7 Å². The fraction of sp³-hybridized carbons (Fsp3) is 0.692. The quantitative estimate of drug-likeness (QED) is 0.904. The second kappa shape index (κ2) is 6.56. The lowest BCUT2D eigenvalue weighted by atomic mass is 10.00. The van der Waals surface area contributed by atoms with Gasteiger partial charge in [0.05, 0.1) is 25.0 Å². The molecule has 19 heavy (non-hydrogen) atoms. The zero-order valence-electron chi connectivity index (χ0n) is 11.6. The number of urea groups is 1. The van der Waals surface area contributed by atoms with Gasteiger partial charge in [-0.1, -0.05) is 6.92 Å². The summed E-state index contributed by atoms with van der Waals surface area (Å²) >= 11 is 0. The third-order valence-corrected chi connectivity index (χ3v) is 3.48. The maximum atomic E-state index is 12.1. The molecule has 0 saturated carbocycles. The van der Waals surface area contributed by atoms with E-state index in [1.807, 2.05) is 11.1 Å². The Morgan fingerprint density at radius 3 is 2.95 bits per heavy atom. The van der Waals surface area contributed by atoms with E-state index in [4.69, 9.17) is 4.74 Å². The van der Waals surface area contributed by atoms with Crippen molar-refractivity contribution in [3.8, 4) is 0 Å². The van der Waals surface area contributed by atoms with Gasteiger partial charge >= 0.3 is 6.03 Å². The minimum Gasteiger partial charge on any atom is -0.383 e. The Balaban J connectivity index is 1.83. The number of anilines is 1. The Kier molecular flexibility index (Phi) is 4.79. The molecule has 106 valence electrons. The SMILES string of the molecule is COCCn1cc(NC(=O)N2CCC(C)CC2)cn1. The molecule has 0 unspecified atom stereocenters. The first-order valence-electron chi connectivity index (χ1n) is 6.76. The third-order valence-electron chi connectivity index (χ3n) is 3.48. The van der Waals surface area contributed by atoms with Crippen LogP contribution >= 0.6 is 0 Å². The van der Waals surface area contributed by atoms with Crippen LogP contribution in [0.4, 0.5) is 10.5 Å². The molecule has 1 aromatic heterocycles. The van der Waals surface area contributed by atoms with Gasteiger partial charge < -0.3 is 15.0 Å². The standard InChI is InChI=1S/C13H22N4O2/c1-11-3-5-16(6-4-11)13(18)15-12-9-14-17(10-12)7-8-19-2/h9-11H,3-8H2,1-2H3,(H,15,18). The molecule has 0 aromatic carbocycles. The third kappa shape index (κ3) is 3.96. The smallest absolute Gasteiger partial charge is 0.321 e. The molecule has 1 saturated heterocycles. The second-order valence-electron chi connectivity index (χ2n) is 5.08. The molecular weight excluding hydrogens is 244 g/mol. The van der Waals surface area contributed by atoms with Gasteiger partial charge in [0.15, 0.2) is 0 Å². The van der Waals surface area contributed by atoms with E-state index >= 15 is 0 Å². The lowest BCUT2D eigenvalue weighted by molar-refractivity contribution is 0.183. The molecule has 0 radical (unpaired) electrons. The topological polar surface area (TPSA) is 59.4 Å². The minimum absolute atomic E-state index is 0.0295. The fourth-order valence-corrected chi connectivity index (χ4v) is 2.15. The first-order chi connectivity index (χ1) is 9.19. The summed E-state index contributed by atoms with van der Waals surface area (Å²) in [6.45, 7) is 5.21. The molecular formula is C13H22N4O2. The zero-order chi connectivity index (χ0) is 13.7. The number of piperidine rings is 1. The molecule has 1 N–H and O–H groups in total. The van der Waals surface area contributed by atoms with Gasteiger partial charge in [-0.25, -0.2) is 4.79 Å². The molecule has 2 heterocycles. The van der Waals surface area contributed by atoms with Crippen LogP contribution in [0.1, 0.15) is 19.8 Å². The van der Waals surface area contributed by atoms with Crippen LogP contribution in [0.3, 0.4) is 0 Å². The predicted octanol–water partition coefficient (Wildman–Crippen LogP) is 1.79. The highest BCUT2D eigenvalue weighted by atomic mass is 16.5. The molecule has 1 aromatic rings. The number of rotatable bonds is 4. The summed E-state index contributed by atoms with van der Waals surface area (Å²) in [5.41, 5.74) is 0.736. The number of nitrogens with one attached hydrogen (secondary N) is 1. The van der Waals surface area contributed by atoms with E-state index in [2.05, 4.69) is 17.3 Å². The number of amides is 2. The van der Waals surface area contributed by atoms with Crippen molar-refractivity contribution >= 4 is 11.7 Å². The van der Waals surface area contributed by atoms with E-state index in [1.165, 1.54) is 0 Å². The van der Waals surface area contributed by atoms with E-state index in [0.29, 0.717) is 13.2 Å². The average molecular weight is 266 g/mol.